The summed E-state index contributed by atoms with van der Waals surface area (Å²) in [5.74, 6) is -0.266. The Hall–Kier alpha value is -3.10. The number of hydrogen-bond donors (Lipinski definition) is 0. The number of carbonyl (C=O) groups excluding carboxylic acids is 1. The fourth-order valence-electron chi connectivity index (χ4n) is 3.07. The predicted octanol–water partition coefficient (Wildman–Crippen LogP) is 4.72. The van der Waals surface area contributed by atoms with Gasteiger partial charge in [0, 0.05) is 11.8 Å². The normalized spacial score (nSPS) is 11.7. The molecule has 2 heterocycles. The number of carbonyl (C=O) groups is 1. The summed E-state index contributed by atoms with van der Waals surface area (Å²) in [5.41, 5.74) is 1.94. The van der Waals surface area contributed by atoms with Crippen LogP contribution in [-0.4, -0.2) is 29.5 Å². The second-order valence-electron chi connectivity index (χ2n) is 7.29. The van der Waals surface area contributed by atoms with Gasteiger partial charge in [0.2, 0.25) is 0 Å². The number of hydrogen-bond acceptors (Lipinski definition) is 6. The molecule has 0 N–H and O–H groups in total. The first-order valence-electron chi connectivity index (χ1n) is 9.77. The zero-order valence-corrected chi connectivity index (χ0v) is 18.7. The molecule has 4 aromatic rings. The Morgan fingerprint density at radius 3 is 2.35 bits per heavy atom. The maximum Gasteiger partial charge on any atom is 0.260 e. The number of pyridine rings is 1. The standard InChI is InChI=1S/C23H21N3O3S2/c1-16(2)31(28,29)19-12-10-17(11-13-19)22(27)26(15-18-7-5-6-14-24-18)23-25-20-8-3-4-9-21(20)30-23/h3-14,16H,15H2,1-2H3. The average molecular weight is 452 g/mol. The Bertz CT molecular complexity index is 1280. The second-order valence-corrected chi connectivity index (χ2v) is 10.8. The van der Waals surface area contributed by atoms with E-state index in [1.54, 1.807) is 37.1 Å². The van der Waals surface area contributed by atoms with Crippen molar-refractivity contribution in [1.82, 2.24) is 9.97 Å². The Morgan fingerprint density at radius 1 is 1.00 bits per heavy atom. The number of para-hydroxylation sites is 1. The minimum atomic E-state index is -3.40. The van der Waals surface area contributed by atoms with Crippen molar-refractivity contribution in [2.45, 2.75) is 30.5 Å². The first-order valence-corrected chi connectivity index (χ1v) is 12.1. The third-order valence-corrected chi connectivity index (χ3v) is 8.09. The van der Waals surface area contributed by atoms with E-state index < -0.39 is 15.1 Å². The number of benzene rings is 2. The number of anilines is 1. The molecule has 2 aromatic heterocycles. The van der Waals surface area contributed by atoms with Crippen molar-refractivity contribution in [3.63, 3.8) is 0 Å². The van der Waals surface area contributed by atoms with Crippen molar-refractivity contribution in [3.8, 4) is 0 Å². The molecule has 0 spiro atoms. The van der Waals surface area contributed by atoms with Gasteiger partial charge in [-0.3, -0.25) is 14.7 Å². The van der Waals surface area contributed by atoms with E-state index in [-0.39, 0.29) is 17.3 Å². The molecule has 0 bridgehead atoms. The van der Waals surface area contributed by atoms with Crippen LogP contribution in [0, 0.1) is 0 Å². The summed E-state index contributed by atoms with van der Waals surface area (Å²) >= 11 is 1.43. The van der Waals surface area contributed by atoms with Crippen molar-refractivity contribution in [2.75, 3.05) is 4.90 Å². The largest absolute Gasteiger partial charge is 0.278 e. The summed E-state index contributed by atoms with van der Waals surface area (Å²) in [6.45, 7) is 3.53. The number of nitrogens with zero attached hydrogens (tertiary/aromatic N) is 3. The van der Waals surface area contributed by atoms with Gasteiger partial charge in [0.15, 0.2) is 15.0 Å². The quantitative estimate of drug-likeness (QED) is 0.424. The van der Waals surface area contributed by atoms with Crippen LogP contribution in [0.15, 0.2) is 77.8 Å². The lowest BCUT2D eigenvalue weighted by molar-refractivity contribution is 0.0984. The van der Waals surface area contributed by atoms with Gasteiger partial charge in [-0.2, -0.15) is 0 Å². The monoisotopic (exact) mass is 451 g/mol. The molecule has 0 aliphatic rings. The Morgan fingerprint density at radius 2 is 1.71 bits per heavy atom. The van der Waals surface area contributed by atoms with Crippen molar-refractivity contribution in [1.29, 1.82) is 0 Å². The van der Waals surface area contributed by atoms with Crippen LogP contribution in [0.3, 0.4) is 0 Å². The Labute approximate surface area is 185 Å². The molecule has 0 radical (unpaired) electrons. The van der Waals surface area contributed by atoms with E-state index in [2.05, 4.69) is 9.97 Å². The van der Waals surface area contributed by atoms with Crippen LogP contribution in [0.25, 0.3) is 10.2 Å². The lowest BCUT2D eigenvalue weighted by Crippen LogP contribution is -2.30. The van der Waals surface area contributed by atoms with Crippen LogP contribution < -0.4 is 4.90 Å². The highest BCUT2D eigenvalue weighted by molar-refractivity contribution is 7.92. The maximum atomic E-state index is 13.4. The van der Waals surface area contributed by atoms with E-state index in [4.69, 9.17) is 0 Å². The summed E-state index contributed by atoms with van der Waals surface area (Å²) in [6.07, 6.45) is 1.68. The van der Waals surface area contributed by atoms with Crippen LogP contribution in [0.2, 0.25) is 0 Å². The van der Waals surface area contributed by atoms with E-state index >= 15 is 0 Å². The van der Waals surface area contributed by atoms with Crippen molar-refractivity contribution >= 4 is 42.4 Å². The number of sulfone groups is 1. The topological polar surface area (TPSA) is 80.2 Å². The lowest BCUT2D eigenvalue weighted by atomic mass is 10.2. The number of fused-ring (bicyclic) bond motifs is 1. The molecule has 0 aliphatic heterocycles. The molecule has 0 unspecified atom stereocenters. The first kappa shape index (κ1) is 21.1. The summed E-state index contributed by atoms with van der Waals surface area (Å²) in [5, 5.41) is 0.0354. The average Bonchev–Trinajstić information content (AvgIpc) is 3.21. The van der Waals surface area contributed by atoms with Gasteiger partial charge in [0.05, 0.1) is 32.6 Å². The molecule has 0 saturated carbocycles. The molecule has 0 atom stereocenters. The molecule has 8 heteroatoms. The molecule has 1 amide bonds. The van der Waals surface area contributed by atoms with E-state index in [0.717, 1.165) is 15.9 Å². The summed E-state index contributed by atoms with van der Waals surface area (Å²) in [6, 6.07) is 19.3. The van der Waals surface area contributed by atoms with E-state index in [0.29, 0.717) is 10.7 Å². The van der Waals surface area contributed by atoms with Gasteiger partial charge >= 0.3 is 0 Å². The highest BCUT2D eigenvalue weighted by Crippen LogP contribution is 2.30. The maximum absolute atomic E-state index is 13.4. The van der Waals surface area contributed by atoms with Gasteiger partial charge in [-0.25, -0.2) is 13.4 Å². The fraction of sp³-hybridized carbons (Fsp3) is 0.174. The molecule has 31 heavy (non-hydrogen) atoms. The SMILES string of the molecule is CC(C)S(=O)(=O)c1ccc(C(=O)N(Cc2ccccn2)c2nc3ccccc3s2)cc1. The zero-order valence-electron chi connectivity index (χ0n) is 17.1. The summed E-state index contributed by atoms with van der Waals surface area (Å²) in [7, 11) is -3.40. The second kappa shape index (κ2) is 8.56. The van der Waals surface area contributed by atoms with Crippen molar-refractivity contribution in [3.05, 3.63) is 84.2 Å². The minimum Gasteiger partial charge on any atom is -0.278 e. The van der Waals surface area contributed by atoms with Crippen LogP contribution in [0.5, 0.6) is 0 Å². The molecular formula is C23H21N3O3S2. The van der Waals surface area contributed by atoms with E-state index in [9.17, 15) is 13.2 Å². The number of rotatable bonds is 6. The van der Waals surface area contributed by atoms with Crippen LogP contribution in [0.4, 0.5) is 5.13 Å². The number of amides is 1. The molecule has 4 rings (SSSR count). The van der Waals surface area contributed by atoms with Gasteiger partial charge < -0.3 is 0 Å². The number of thiazole rings is 1. The zero-order chi connectivity index (χ0) is 22.0. The molecular weight excluding hydrogens is 430 g/mol. The van der Waals surface area contributed by atoms with E-state index in [1.807, 2.05) is 42.5 Å². The number of aromatic nitrogens is 2. The van der Waals surface area contributed by atoms with Crippen LogP contribution in [0.1, 0.15) is 29.9 Å². The predicted molar refractivity (Wildman–Crippen MR) is 123 cm³/mol. The van der Waals surface area contributed by atoms with Crippen molar-refractivity contribution < 1.29 is 13.2 Å². The van der Waals surface area contributed by atoms with Gasteiger partial charge in [-0.15, -0.1) is 0 Å². The van der Waals surface area contributed by atoms with Crippen molar-refractivity contribution in [2.24, 2.45) is 0 Å². The third kappa shape index (κ3) is 4.35. The first-order chi connectivity index (χ1) is 14.9. The smallest absolute Gasteiger partial charge is 0.260 e. The Balaban J connectivity index is 1.71. The summed E-state index contributed by atoms with van der Waals surface area (Å²) < 4.78 is 25.8. The van der Waals surface area contributed by atoms with E-state index in [1.165, 1.54) is 23.5 Å². The molecule has 0 aliphatic carbocycles. The molecule has 2 aromatic carbocycles. The molecule has 158 valence electrons. The fourth-order valence-corrected chi connectivity index (χ4v) is 5.09. The minimum absolute atomic E-state index is 0.204. The van der Waals surface area contributed by atoms with Gasteiger partial charge in [0.25, 0.3) is 5.91 Å². The highest BCUT2D eigenvalue weighted by atomic mass is 32.2. The highest BCUT2D eigenvalue weighted by Gasteiger charge is 2.24. The van der Waals surface area contributed by atoms with Crippen LogP contribution in [-0.2, 0) is 16.4 Å². The lowest BCUT2D eigenvalue weighted by Gasteiger charge is -2.20. The van der Waals surface area contributed by atoms with Gasteiger partial charge in [0.1, 0.15) is 0 Å². The van der Waals surface area contributed by atoms with Gasteiger partial charge in [-0.1, -0.05) is 29.5 Å². The molecule has 0 saturated heterocycles. The Kier molecular flexibility index (Phi) is 5.84. The molecule has 0 fully saturated rings. The summed E-state index contributed by atoms with van der Waals surface area (Å²) in [4.78, 5) is 24.2. The van der Waals surface area contributed by atoms with Crippen LogP contribution >= 0.6 is 11.3 Å². The third-order valence-electron chi connectivity index (χ3n) is 4.86. The van der Waals surface area contributed by atoms with Gasteiger partial charge in [-0.05, 0) is 62.4 Å². The molecule has 6 nitrogen and oxygen atoms in total.